The molecule has 5 N–H and O–H groups in total. The van der Waals surface area contributed by atoms with Crippen LogP contribution in [0.4, 0.5) is 5.95 Å². The molecule has 0 aliphatic carbocycles. The molecule has 6 atom stereocenters. The van der Waals surface area contributed by atoms with E-state index in [-0.39, 0.29) is 23.7 Å². The smallest absolute Gasteiger partial charge is 0.387 e. The van der Waals surface area contributed by atoms with Gasteiger partial charge in [0.1, 0.15) is 17.8 Å². The SMILES string of the molecule is C[C@@]1(O)[C@H](O)[C@@H](COP2(=O)OCC[C@H](c3cccc(Cl)c3)O2)O[C@H]1n1cnc2c(=O)[nH]c(N)nc21. The van der Waals surface area contributed by atoms with E-state index in [1.54, 1.807) is 24.3 Å². The molecule has 3 aromatic rings. The third kappa shape index (κ3) is 4.50. The van der Waals surface area contributed by atoms with Gasteiger partial charge in [-0.1, -0.05) is 23.7 Å². The van der Waals surface area contributed by atoms with E-state index in [0.29, 0.717) is 11.4 Å². The van der Waals surface area contributed by atoms with Crippen LogP contribution in [0.3, 0.4) is 0 Å². The first-order valence-electron chi connectivity index (χ1n) is 10.7. The van der Waals surface area contributed by atoms with Crippen molar-refractivity contribution in [3.05, 3.63) is 51.5 Å². The Hall–Kier alpha value is -2.35. The molecule has 0 amide bonds. The highest BCUT2D eigenvalue weighted by Crippen LogP contribution is 2.57. The van der Waals surface area contributed by atoms with Crippen molar-refractivity contribution in [3.63, 3.8) is 0 Å². The molecule has 0 spiro atoms. The number of aliphatic hydroxyl groups excluding tert-OH is 1. The number of H-pyrrole nitrogens is 1. The first kappa shape index (κ1) is 24.3. The summed E-state index contributed by atoms with van der Waals surface area (Å²) >= 11 is 6.04. The molecule has 2 fully saturated rings. The van der Waals surface area contributed by atoms with E-state index < -0.39 is 50.1 Å². The van der Waals surface area contributed by atoms with Gasteiger partial charge in [0.15, 0.2) is 17.4 Å². The Morgan fingerprint density at radius 2 is 2.26 bits per heavy atom. The Morgan fingerprint density at radius 1 is 1.46 bits per heavy atom. The monoisotopic (exact) mass is 527 g/mol. The lowest BCUT2D eigenvalue weighted by Crippen LogP contribution is -2.44. The van der Waals surface area contributed by atoms with Crippen LogP contribution in [0.1, 0.15) is 31.2 Å². The fraction of sp³-hybridized carbons (Fsp3) is 0.450. The summed E-state index contributed by atoms with van der Waals surface area (Å²) in [5, 5.41) is 22.3. The molecule has 13 nitrogen and oxygen atoms in total. The molecule has 35 heavy (non-hydrogen) atoms. The summed E-state index contributed by atoms with van der Waals surface area (Å²) in [4.78, 5) is 22.5. The Balaban J connectivity index is 1.33. The summed E-state index contributed by atoms with van der Waals surface area (Å²) in [6, 6.07) is 6.96. The van der Waals surface area contributed by atoms with E-state index >= 15 is 0 Å². The highest BCUT2D eigenvalue weighted by molar-refractivity contribution is 7.48. The molecule has 188 valence electrons. The van der Waals surface area contributed by atoms with Crippen molar-refractivity contribution in [2.75, 3.05) is 18.9 Å². The second-order valence-electron chi connectivity index (χ2n) is 8.49. The lowest BCUT2D eigenvalue weighted by molar-refractivity contribution is -0.0953. The minimum atomic E-state index is -4.01. The average Bonchev–Trinajstić information content (AvgIpc) is 3.31. The van der Waals surface area contributed by atoms with Crippen LogP contribution in [0.25, 0.3) is 11.2 Å². The summed E-state index contributed by atoms with van der Waals surface area (Å²) < 4.78 is 36.6. The zero-order valence-corrected chi connectivity index (χ0v) is 20.1. The number of aliphatic hydroxyl groups is 2. The summed E-state index contributed by atoms with van der Waals surface area (Å²) in [6.45, 7) is 1.04. The van der Waals surface area contributed by atoms with E-state index in [0.717, 1.165) is 5.56 Å². The molecule has 15 heteroatoms. The topological polar surface area (TPSA) is 184 Å². The summed E-state index contributed by atoms with van der Waals surface area (Å²) in [7, 11) is -4.01. The standard InChI is InChI=1S/C20H23ClN5O8P/c1-20(29)15(27)13(33-18(20)26-9-23-14-16(26)24-19(22)25-17(14)28)8-32-35(30)31-6-5-12(34-35)10-3-2-4-11(21)7-10/h2-4,7,9,12-13,15,18,27,29H,5-6,8H2,1H3,(H3,22,24,25,28)/t12-,13-,15-,18-,20-,35?/m1/s1. The van der Waals surface area contributed by atoms with Crippen molar-refractivity contribution >= 4 is 36.5 Å². The summed E-state index contributed by atoms with van der Waals surface area (Å²) in [5.41, 5.74) is 3.97. The van der Waals surface area contributed by atoms with Gasteiger partial charge in [-0.25, -0.2) is 9.55 Å². The highest BCUT2D eigenvalue weighted by Gasteiger charge is 2.54. The van der Waals surface area contributed by atoms with Gasteiger partial charge < -0.3 is 20.7 Å². The number of nitrogens with one attached hydrogen (secondary N) is 1. The number of anilines is 1. The zero-order valence-electron chi connectivity index (χ0n) is 18.4. The number of phosphoric ester groups is 1. The number of halogens is 1. The molecule has 4 heterocycles. The maximum Gasteiger partial charge on any atom is 0.475 e. The summed E-state index contributed by atoms with van der Waals surface area (Å²) in [6.07, 6.45) is -2.69. The highest BCUT2D eigenvalue weighted by atomic mass is 35.5. The van der Waals surface area contributed by atoms with Crippen LogP contribution in [0, 0.1) is 0 Å². The number of rotatable bonds is 5. The van der Waals surface area contributed by atoms with Crippen molar-refractivity contribution in [3.8, 4) is 0 Å². The number of hydrogen-bond acceptors (Lipinski definition) is 11. The predicted octanol–water partition coefficient (Wildman–Crippen LogP) is 1.67. The molecule has 1 unspecified atom stereocenters. The second-order valence-corrected chi connectivity index (χ2v) is 10.5. The van der Waals surface area contributed by atoms with Gasteiger partial charge in [-0.15, -0.1) is 0 Å². The van der Waals surface area contributed by atoms with Gasteiger partial charge in [0.05, 0.1) is 25.6 Å². The lowest BCUT2D eigenvalue weighted by atomic mass is 9.96. The van der Waals surface area contributed by atoms with E-state index in [1.165, 1.54) is 17.8 Å². The van der Waals surface area contributed by atoms with Crippen LogP contribution in [0.5, 0.6) is 0 Å². The number of fused-ring (bicyclic) bond motifs is 1. The van der Waals surface area contributed by atoms with Gasteiger partial charge in [0.2, 0.25) is 5.95 Å². The predicted molar refractivity (Wildman–Crippen MR) is 123 cm³/mol. The average molecular weight is 528 g/mol. The Bertz CT molecular complexity index is 1360. The first-order valence-corrected chi connectivity index (χ1v) is 12.5. The fourth-order valence-electron chi connectivity index (χ4n) is 4.17. The van der Waals surface area contributed by atoms with Gasteiger partial charge in [-0.05, 0) is 24.6 Å². The number of hydrogen-bond donors (Lipinski definition) is 4. The van der Waals surface area contributed by atoms with Crippen LogP contribution in [0.15, 0.2) is 35.4 Å². The normalized spacial score (nSPS) is 33.4. The molecular formula is C20H23ClN5O8P. The van der Waals surface area contributed by atoms with Crippen molar-refractivity contribution in [1.29, 1.82) is 0 Å². The van der Waals surface area contributed by atoms with Gasteiger partial charge >= 0.3 is 7.82 Å². The lowest BCUT2D eigenvalue weighted by Gasteiger charge is -2.30. The third-order valence-electron chi connectivity index (χ3n) is 5.96. The van der Waals surface area contributed by atoms with Gasteiger partial charge in [-0.2, -0.15) is 4.98 Å². The van der Waals surface area contributed by atoms with Gasteiger partial charge in [0, 0.05) is 11.4 Å². The van der Waals surface area contributed by atoms with Crippen LogP contribution >= 0.6 is 19.4 Å². The Labute approximate surface area is 203 Å². The number of nitrogen functional groups attached to an aromatic ring is 1. The minimum Gasteiger partial charge on any atom is -0.387 e. The fourth-order valence-corrected chi connectivity index (χ4v) is 5.76. The van der Waals surface area contributed by atoms with Crippen molar-refractivity contribution < 1.29 is 33.1 Å². The number of imidazole rings is 1. The number of nitrogens with zero attached hydrogens (tertiary/aromatic N) is 3. The first-order chi connectivity index (χ1) is 16.6. The zero-order chi connectivity index (χ0) is 25.0. The van der Waals surface area contributed by atoms with Crippen LogP contribution < -0.4 is 11.3 Å². The molecule has 0 bridgehead atoms. The number of ether oxygens (including phenoxy) is 1. The van der Waals surface area contributed by atoms with E-state index in [1.807, 2.05) is 0 Å². The number of aromatic nitrogens is 4. The number of nitrogens with two attached hydrogens (primary N) is 1. The molecule has 5 rings (SSSR count). The van der Waals surface area contributed by atoms with Gasteiger partial charge in [-0.3, -0.25) is 27.9 Å². The van der Waals surface area contributed by atoms with E-state index in [9.17, 15) is 19.6 Å². The van der Waals surface area contributed by atoms with E-state index in [2.05, 4.69) is 15.0 Å². The maximum atomic E-state index is 13.1. The Kier molecular flexibility index (Phi) is 6.22. The molecule has 2 aromatic heterocycles. The molecule has 2 aliphatic heterocycles. The van der Waals surface area contributed by atoms with Gasteiger partial charge in [0.25, 0.3) is 5.56 Å². The largest absolute Gasteiger partial charge is 0.475 e. The van der Waals surface area contributed by atoms with Crippen molar-refractivity contribution in [2.24, 2.45) is 0 Å². The van der Waals surface area contributed by atoms with Crippen molar-refractivity contribution in [1.82, 2.24) is 19.5 Å². The quantitative estimate of drug-likeness (QED) is 0.354. The molecule has 0 radical (unpaired) electrons. The second kappa shape index (κ2) is 8.95. The number of phosphoric acid groups is 1. The Morgan fingerprint density at radius 3 is 3.03 bits per heavy atom. The van der Waals surface area contributed by atoms with E-state index in [4.69, 9.17) is 35.6 Å². The molecular weight excluding hydrogens is 505 g/mol. The van der Waals surface area contributed by atoms with Crippen LogP contribution in [-0.4, -0.2) is 60.8 Å². The minimum absolute atomic E-state index is 0.0201. The number of aromatic amines is 1. The third-order valence-corrected chi connectivity index (χ3v) is 7.67. The molecule has 2 aliphatic rings. The maximum absolute atomic E-state index is 13.1. The van der Waals surface area contributed by atoms with Crippen LogP contribution in [-0.2, 0) is 22.9 Å². The number of benzene rings is 1. The molecule has 2 saturated heterocycles. The van der Waals surface area contributed by atoms with Crippen LogP contribution in [0.2, 0.25) is 5.02 Å². The molecule has 1 aromatic carbocycles. The molecule has 0 saturated carbocycles. The van der Waals surface area contributed by atoms with Crippen molar-refractivity contribution in [2.45, 2.75) is 43.5 Å². The summed E-state index contributed by atoms with van der Waals surface area (Å²) in [5.74, 6) is -0.152.